The summed E-state index contributed by atoms with van der Waals surface area (Å²) in [5.74, 6) is 0.710. The third-order valence-electron chi connectivity index (χ3n) is 2.95. The minimum atomic E-state index is -0.121. The van der Waals surface area contributed by atoms with E-state index >= 15 is 0 Å². The Kier molecular flexibility index (Phi) is 4.24. The molecule has 5 N–H and O–H groups in total. The zero-order chi connectivity index (χ0) is 14.5. The van der Waals surface area contributed by atoms with Crippen LogP contribution in [0.3, 0.4) is 0 Å². The Labute approximate surface area is 117 Å². The molecule has 1 atom stereocenters. The van der Waals surface area contributed by atoms with E-state index in [1.165, 1.54) is 0 Å². The van der Waals surface area contributed by atoms with Crippen LogP contribution in [-0.2, 0) is 0 Å². The number of carbonyl (C=O) groups excluding carboxylic acids is 1. The zero-order valence-electron chi connectivity index (χ0n) is 11.6. The molecule has 1 unspecified atom stereocenters. The molecule has 0 saturated carbocycles. The molecular formula is C14H19N5O. The summed E-state index contributed by atoms with van der Waals surface area (Å²) < 4.78 is 0. The van der Waals surface area contributed by atoms with Crippen LogP contribution in [-0.4, -0.2) is 22.4 Å². The van der Waals surface area contributed by atoms with Crippen molar-refractivity contribution in [3.8, 4) is 0 Å². The van der Waals surface area contributed by atoms with Crippen LogP contribution in [0.4, 0.5) is 11.4 Å². The average molecular weight is 273 g/mol. The molecule has 2 rings (SSSR count). The first-order valence-electron chi connectivity index (χ1n) is 6.55. The van der Waals surface area contributed by atoms with Crippen molar-refractivity contribution in [2.45, 2.75) is 19.9 Å². The molecule has 0 aliphatic heterocycles. The molecular weight excluding hydrogens is 254 g/mol. The van der Waals surface area contributed by atoms with Gasteiger partial charge in [-0.25, -0.2) is 4.98 Å². The van der Waals surface area contributed by atoms with E-state index in [1.54, 1.807) is 30.6 Å². The van der Waals surface area contributed by atoms with Gasteiger partial charge < -0.3 is 21.4 Å². The number of aromatic amines is 1. The van der Waals surface area contributed by atoms with Crippen molar-refractivity contribution in [3.05, 3.63) is 42.0 Å². The molecule has 0 bridgehead atoms. The smallest absolute Gasteiger partial charge is 0.251 e. The van der Waals surface area contributed by atoms with Crippen LogP contribution >= 0.6 is 0 Å². The monoisotopic (exact) mass is 273 g/mol. The number of nitrogens with two attached hydrogens (primary N) is 1. The van der Waals surface area contributed by atoms with Crippen LogP contribution < -0.4 is 16.4 Å². The number of amides is 1. The molecule has 0 saturated heterocycles. The number of H-pyrrole nitrogens is 1. The molecule has 1 amide bonds. The Morgan fingerprint density at radius 2 is 2.30 bits per heavy atom. The number of carbonyl (C=O) groups is 1. The van der Waals surface area contributed by atoms with Gasteiger partial charge in [-0.1, -0.05) is 0 Å². The fourth-order valence-electron chi connectivity index (χ4n) is 1.91. The maximum atomic E-state index is 11.7. The SMILES string of the molecule is CCNC(=O)c1ccc(NC(C)c2ncc[nH]2)c(N)c1. The van der Waals surface area contributed by atoms with E-state index in [0.29, 0.717) is 17.8 Å². The lowest BCUT2D eigenvalue weighted by atomic mass is 10.1. The first-order chi connectivity index (χ1) is 9.61. The van der Waals surface area contributed by atoms with E-state index in [0.717, 1.165) is 11.5 Å². The molecule has 6 nitrogen and oxygen atoms in total. The van der Waals surface area contributed by atoms with Gasteiger partial charge in [-0.15, -0.1) is 0 Å². The van der Waals surface area contributed by atoms with Gasteiger partial charge in [0.05, 0.1) is 17.4 Å². The quantitative estimate of drug-likeness (QED) is 0.626. The standard InChI is InChI=1S/C14H19N5O/c1-3-16-14(20)10-4-5-12(11(15)8-10)19-9(2)13-17-6-7-18-13/h4-9,19H,3,15H2,1-2H3,(H,16,20)(H,17,18). The van der Waals surface area contributed by atoms with E-state index in [4.69, 9.17) is 5.73 Å². The molecule has 6 heteroatoms. The van der Waals surface area contributed by atoms with Gasteiger partial charge >= 0.3 is 0 Å². The fraction of sp³-hybridized carbons (Fsp3) is 0.286. The number of hydrogen-bond donors (Lipinski definition) is 4. The zero-order valence-corrected chi connectivity index (χ0v) is 11.6. The minimum absolute atomic E-state index is 0.00242. The van der Waals surface area contributed by atoms with E-state index in [-0.39, 0.29) is 11.9 Å². The van der Waals surface area contributed by atoms with E-state index < -0.39 is 0 Å². The summed E-state index contributed by atoms with van der Waals surface area (Å²) in [5.41, 5.74) is 7.85. The molecule has 2 aromatic rings. The fourth-order valence-corrected chi connectivity index (χ4v) is 1.91. The number of imidazole rings is 1. The van der Waals surface area contributed by atoms with Gasteiger partial charge in [-0.05, 0) is 32.0 Å². The van der Waals surface area contributed by atoms with Gasteiger partial charge in [0.1, 0.15) is 5.82 Å². The molecule has 0 fully saturated rings. The number of nitrogen functional groups attached to an aromatic ring is 1. The number of benzene rings is 1. The van der Waals surface area contributed by atoms with Gasteiger partial charge in [0.25, 0.3) is 5.91 Å². The van der Waals surface area contributed by atoms with Crippen LogP contribution in [0.5, 0.6) is 0 Å². The second-order valence-electron chi connectivity index (χ2n) is 4.50. The van der Waals surface area contributed by atoms with Gasteiger partial charge in [-0.3, -0.25) is 4.79 Å². The Balaban J connectivity index is 2.12. The van der Waals surface area contributed by atoms with Crippen LogP contribution in [0.15, 0.2) is 30.6 Å². The van der Waals surface area contributed by atoms with Crippen LogP contribution in [0.2, 0.25) is 0 Å². The van der Waals surface area contributed by atoms with E-state index in [9.17, 15) is 4.79 Å². The van der Waals surface area contributed by atoms with E-state index in [2.05, 4.69) is 20.6 Å². The lowest BCUT2D eigenvalue weighted by Crippen LogP contribution is -2.22. The van der Waals surface area contributed by atoms with Crippen molar-refractivity contribution in [2.24, 2.45) is 0 Å². The summed E-state index contributed by atoms with van der Waals surface area (Å²) in [6.45, 7) is 4.45. The first-order valence-corrected chi connectivity index (χ1v) is 6.55. The predicted molar refractivity (Wildman–Crippen MR) is 79.5 cm³/mol. The van der Waals surface area contributed by atoms with Crippen LogP contribution in [0, 0.1) is 0 Å². The summed E-state index contributed by atoms with van der Waals surface area (Å²) in [6.07, 6.45) is 3.48. The highest BCUT2D eigenvalue weighted by molar-refractivity contribution is 5.96. The Morgan fingerprint density at radius 1 is 1.50 bits per heavy atom. The number of rotatable bonds is 5. The third-order valence-corrected chi connectivity index (χ3v) is 2.95. The molecule has 106 valence electrons. The number of anilines is 2. The highest BCUT2D eigenvalue weighted by atomic mass is 16.1. The number of nitrogens with one attached hydrogen (secondary N) is 3. The maximum absolute atomic E-state index is 11.7. The van der Waals surface area contributed by atoms with Crippen molar-refractivity contribution >= 4 is 17.3 Å². The summed E-state index contributed by atoms with van der Waals surface area (Å²) in [6, 6.07) is 5.22. The van der Waals surface area contributed by atoms with Crippen LogP contribution in [0.25, 0.3) is 0 Å². The number of nitrogens with zero attached hydrogens (tertiary/aromatic N) is 1. The Morgan fingerprint density at radius 3 is 2.90 bits per heavy atom. The van der Waals surface area contributed by atoms with Crippen molar-refractivity contribution in [2.75, 3.05) is 17.6 Å². The summed E-state index contributed by atoms with van der Waals surface area (Å²) in [7, 11) is 0. The van der Waals surface area contributed by atoms with Crippen molar-refractivity contribution < 1.29 is 4.79 Å². The third kappa shape index (κ3) is 3.09. The second-order valence-corrected chi connectivity index (χ2v) is 4.50. The lowest BCUT2D eigenvalue weighted by molar-refractivity contribution is 0.0956. The Bertz CT molecular complexity index is 579. The van der Waals surface area contributed by atoms with Gasteiger partial charge in [0.15, 0.2) is 0 Å². The minimum Gasteiger partial charge on any atom is -0.397 e. The van der Waals surface area contributed by atoms with Gasteiger partial charge in [-0.2, -0.15) is 0 Å². The molecule has 0 spiro atoms. The normalized spacial score (nSPS) is 11.9. The summed E-state index contributed by atoms with van der Waals surface area (Å²) in [4.78, 5) is 18.9. The lowest BCUT2D eigenvalue weighted by Gasteiger charge is -2.15. The number of aromatic nitrogens is 2. The average Bonchev–Trinajstić information content (AvgIpc) is 2.95. The highest BCUT2D eigenvalue weighted by Crippen LogP contribution is 2.24. The molecule has 1 heterocycles. The van der Waals surface area contributed by atoms with Crippen molar-refractivity contribution in [3.63, 3.8) is 0 Å². The maximum Gasteiger partial charge on any atom is 0.251 e. The van der Waals surface area contributed by atoms with Crippen LogP contribution in [0.1, 0.15) is 36.1 Å². The first kappa shape index (κ1) is 13.9. The van der Waals surface area contributed by atoms with Gasteiger partial charge in [0, 0.05) is 24.5 Å². The topological polar surface area (TPSA) is 95.8 Å². The predicted octanol–water partition coefficient (Wildman–Crippen LogP) is 1.91. The Hall–Kier alpha value is -2.50. The van der Waals surface area contributed by atoms with Crippen molar-refractivity contribution in [1.29, 1.82) is 0 Å². The molecule has 0 radical (unpaired) electrons. The summed E-state index contributed by atoms with van der Waals surface area (Å²) in [5, 5.41) is 6.00. The second kappa shape index (κ2) is 6.10. The molecule has 1 aromatic carbocycles. The molecule has 0 aliphatic carbocycles. The van der Waals surface area contributed by atoms with Crippen molar-refractivity contribution in [1.82, 2.24) is 15.3 Å². The molecule has 0 aliphatic rings. The number of hydrogen-bond acceptors (Lipinski definition) is 4. The molecule has 20 heavy (non-hydrogen) atoms. The molecule has 1 aromatic heterocycles. The van der Waals surface area contributed by atoms with E-state index in [1.807, 2.05) is 13.8 Å². The highest BCUT2D eigenvalue weighted by Gasteiger charge is 2.11. The largest absolute Gasteiger partial charge is 0.397 e. The van der Waals surface area contributed by atoms with Gasteiger partial charge in [0.2, 0.25) is 0 Å². The summed E-state index contributed by atoms with van der Waals surface area (Å²) >= 11 is 0.